The fourth-order valence-corrected chi connectivity index (χ4v) is 2.91. The molecule has 0 heterocycles. The van der Waals surface area contributed by atoms with Gasteiger partial charge < -0.3 is 14.4 Å². The Balaban J connectivity index is 2.09. The van der Waals surface area contributed by atoms with Crippen molar-refractivity contribution in [2.75, 3.05) is 18.6 Å². The molecule has 0 spiro atoms. The minimum absolute atomic E-state index is 0.269. The summed E-state index contributed by atoms with van der Waals surface area (Å²) in [5, 5.41) is 0. The zero-order valence-corrected chi connectivity index (χ0v) is 15.9. The maximum atomic E-state index is 12.6. The fourth-order valence-electron chi connectivity index (χ4n) is 2.37. The van der Waals surface area contributed by atoms with Crippen LogP contribution in [0.15, 0.2) is 53.0 Å². The number of carbonyl (C=O) groups is 2. The number of carbonyl (C=O) groups excluding carboxylic acids is 2. The van der Waals surface area contributed by atoms with E-state index in [1.165, 1.54) is 0 Å². The van der Waals surface area contributed by atoms with Gasteiger partial charge in [-0.15, -0.1) is 0 Å². The number of para-hydroxylation sites is 1. The monoisotopic (exact) mass is 405 g/mol. The Bertz CT molecular complexity index is 748. The zero-order valence-electron chi connectivity index (χ0n) is 14.4. The molecule has 0 aromatic heterocycles. The van der Waals surface area contributed by atoms with E-state index < -0.39 is 12.1 Å². The predicted octanol–water partition coefficient (Wildman–Crippen LogP) is 4.06. The minimum atomic E-state index is -0.895. The molecule has 0 radical (unpaired) electrons. The summed E-state index contributed by atoms with van der Waals surface area (Å²) in [6, 6.07) is 14.1. The molecule has 0 bridgehead atoms. The van der Waals surface area contributed by atoms with E-state index in [4.69, 9.17) is 9.47 Å². The molecule has 0 aliphatic carbocycles. The Labute approximate surface area is 155 Å². The highest BCUT2D eigenvalue weighted by atomic mass is 79.9. The number of esters is 1. The van der Waals surface area contributed by atoms with Crippen molar-refractivity contribution < 1.29 is 19.1 Å². The molecule has 0 unspecified atom stereocenters. The van der Waals surface area contributed by atoms with Gasteiger partial charge in [-0.25, -0.2) is 4.79 Å². The summed E-state index contributed by atoms with van der Waals surface area (Å²) >= 11 is 3.33. The van der Waals surface area contributed by atoms with Crippen molar-refractivity contribution >= 4 is 33.5 Å². The quantitative estimate of drug-likeness (QED) is 0.680. The van der Waals surface area contributed by atoms with Crippen molar-refractivity contribution in [1.82, 2.24) is 0 Å². The number of likely N-dealkylation sites (N-methyl/N-ethyl adjacent to an activating group) is 1. The van der Waals surface area contributed by atoms with E-state index in [-0.39, 0.29) is 5.91 Å². The molecule has 1 atom stereocenters. The van der Waals surface area contributed by atoms with Crippen LogP contribution in [0.4, 0.5) is 5.69 Å². The number of halogens is 1. The van der Waals surface area contributed by atoms with Gasteiger partial charge in [-0.05, 0) is 60.1 Å². The summed E-state index contributed by atoms with van der Waals surface area (Å²) in [6.45, 7) is 3.93. The lowest BCUT2D eigenvalue weighted by molar-refractivity contribution is -0.126. The van der Waals surface area contributed by atoms with E-state index in [0.717, 1.165) is 5.69 Å². The number of nitrogens with zero attached hydrogens (tertiary/aromatic N) is 1. The normalized spacial score (nSPS) is 11.5. The smallest absolute Gasteiger partial charge is 0.338 e. The van der Waals surface area contributed by atoms with E-state index >= 15 is 0 Å². The van der Waals surface area contributed by atoms with Crippen molar-refractivity contribution in [3.8, 4) is 5.75 Å². The molecule has 5 nitrogen and oxygen atoms in total. The van der Waals surface area contributed by atoms with Crippen LogP contribution in [0.1, 0.15) is 24.2 Å². The van der Waals surface area contributed by atoms with Gasteiger partial charge in [-0.3, -0.25) is 4.79 Å². The van der Waals surface area contributed by atoms with Crippen molar-refractivity contribution in [3.63, 3.8) is 0 Å². The van der Waals surface area contributed by atoms with Gasteiger partial charge in [0, 0.05) is 12.2 Å². The van der Waals surface area contributed by atoms with Gasteiger partial charge in [0.25, 0.3) is 5.91 Å². The highest BCUT2D eigenvalue weighted by molar-refractivity contribution is 9.10. The molecule has 2 rings (SSSR count). The van der Waals surface area contributed by atoms with Crippen molar-refractivity contribution in [2.45, 2.75) is 20.0 Å². The molecule has 0 saturated heterocycles. The van der Waals surface area contributed by atoms with Gasteiger partial charge in [0.05, 0.1) is 17.1 Å². The van der Waals surface area contributed by atoms with E-state index in [9.17, 15) is 9.59 Å². The lowest BCUT2D eigenvalue weighted by atomic mass is 10.2. The third-order valence-electron chi connectivity index (χ3n) is 3.67. The van der Waals surface area contributed by atoms with Crippen LogP contribution >= 0.6 is 15.9 Å². The highest BCUT2D eigenvalue weighted by Gasteiger charge is 2.24. The number of hydrogen-bond acceptors (Lipinski definition) is 4. The average molecular weight is 406 g/mol. The Morgan fingerprint density at radius 1 is 1.16 bits per heavy atom. The molecule has 0 N–H and O–H groups in total. The van der Waals surface area contributed by atoms with Crippen LogP contribution in [0.3, 0.4) is 0 Å². The van der Waals surface area contributed by atoms with Crippen molar-refractivity contribution in [1.29, 1.82) is 0 Å². The maximum Gasteiger partial charge on any atom is 0.338 e. The first kappa shape index (κ1) is 19.0. The number of amides is 1. The Morgan fingerprint density at radius 2 is 1.84 bits per heavy atom. The van der Waals surface area contributed by atoms with Crippen LogP contribution in [-0.2, 0) is 9.53 Å². The van der Waals surface area contributed by atoms with Gasteiger partial charge in [0.1, 0.15) is 5.75 Å². The summed E-state index contributed by atoms with van der Waals surface area (Å²) in [7, 11) is 1.54. The lowest BCUT2D eigenvalue weighted by Gasteiger charge is -2.24. The minimum Gasteiger partial charge on any atom is -0.496 e. The first-order valence-electron chi connectivity index (χ1n) is 7.88. The molecule has 25 heavy (non-hydrogen) atoms. The largest absolute Gasteiger partial charge is 0.496 e. The number of methoxy groups -OCH3 is 1. The van der Waals surface area contributed by atoms with Crippen molar-refractivity contribution in [3.05, 3.63) is 58.6 Å². The zero-order chi connectivity index (χ0) is 18.4. The van der Waals surface area contributed by atoms with Crippen LogP contribution in [0, 0.1) is 0 Å². The fraction of sp³-hybridized carbons (Fsp3) is 0.263. The predicted molar refractivity (Wildman–Crippen MR) is 100 cm³/mol. The molecule has 1 amide bonds. The molecular weight excluding hydrogens is 386 g/mol. The number of hydrogen-bond donors (Lipinski definition) is 0. The topological polar surface area (TPSA) is 55.8 Å². The van der Waals surface area contributed by atoms with Crippen LogP contribution in [0.5, 0.6) is 5.75 Å². The number of rotatable bonds is 6. The van der Waals surface area contributed by atoms with Crippen LogP contribution < -0.4 is 9.64 Å². The molecular formula is C19H20BrNO4. The highest BCUT2D eigenvalue weighted by Crippen LogP contribution is 2.26. The second-order valence-corrected chi connectivity index (χ2v) is 6.17. The molecule has 2 aromatic rings. The van der Waals surface area contributed by atoms with Crippen LogP contribution in [-0.4, -0.2) is 31.6 Å². The number of anilines is 1. The van der Waals surface area contributed by atoms with Gasteiger partial charge in [0.15, 0.2) is 6.10 Å². The van der Waals surface area contributed by atoms with Gasteiger partial charge in [-0.1, -0.05) is 18.2 Å². The Hall–Kier alpha value is -2.34. The Morgan fingerprint density at radius 3 is 2.40 bits per heavy atom. The molecule has 0 saturated carbocycles. The summed E-state index contributed by atoms with van der Waals surface area (Å²) in [5.41, 5.74) is 1.11. The third kappa shape index (κ3) is 4.60. The van der Waals surface area contributed by atoms with Gasteiger partial charge in [0.2, 0.25) is 0 Å². The van der Waals surface area contributed by atoms with E-state index in [2.05, 4.69) is 15.9 Å². The Kier molecular flexibility index (Phi) is 6.58. The van der Waals surface area contributed by atoms with E-state index in [1.54, 1.807) is 37.1 Å². The standard InChI is InChI=1S/C19H20BrNO4/c1-4-21(15-8-6-5-7-9-15)18(22)13(2)25-19(23)14-10-11-17(24-3)16(20)12-14/h5-13H,4H2,1-3H3/t13-/m1/s1. The maximum absolute atomic E-state index is 12.6. The number of ether oxygens (including phenoxy) is 2. The van der Waals surface area contributed by atoms with Crippen molar-refractivity contribution in [2.24, 2.45) is 0 Å². The van der Waals surface area contributed by atoms with Crippen LogP contribution in [0.2, 0.25) is 0 Å². The second-order valence-electron chi connectivity index (χ2n) is 5.31. The molecule has 0 fully saturated rings. The molecule has 0 aliphatic rings. The van der Waals surface area contributed by atoms with Gasteiger partial charge >= 0.3 is 5.97 Å². The summed E-state index contributed by atoms with van der Waals surface area (Å²) < 4.78 is 11.1. The molecule has 132 valence electrons. The van der Waals surface area contributed by atoms with Crippen LogP contribution in [0.25, 0.3) is 0 Å². The third-order valence-corrected chi connectivity index (χ3v) is 4.29. The molecule has 0 aliphatic heterocycles. The lowest BCUT2D eigenvalue weighted by Crippen LogP contribution is -2.40. The molecule has 6 heteroatoms. The summed E-state index contributed by atoms with van der Waals surface area (Å²) in [5.74, 6) is -0.218. The molecule has 2 aromatic carbocycles. The van der Waals surface area contributed by atoms with E-state index in [1.807, 2.05) is 37.3 Å². The summed E-state index contributed by atoms with van der Waals surface area (Å²) in [6.07, 6.45) is -0.895. The first-order chi connectivity index (χ1) is 12.0. The average Bonchev–Trinajstić information content (AvgIpc) is 2.62. The first-order valence-corrected chi connectivity index (χ1v) is 8.68. The second kappa shape index (κ2) is 8.67. The number of benzene rings is 2. The van der Waals surface area contributed by atoms with E-state index in [0.29, 0.717) is 22.3 Å². The SMILES string of the molecule is CCN(C(=O)[C@@H](C)OC(=O)c1ccc(OC)c(Br)c1)c1ccccc1. The summed E-state index contributed by atoms with van der Waals surface area (Å²) in [4.78, 5) is 26.5. The van der Waals surface area contributed by atoms with Gasteiger partial charge in [-0.2, -0.15) is 0 Å².